The maximum absolute atomic E-state index is 8.46. The van der Waals surface area contributed by atoms with Gasteiger partial charge in [0.1, 0.15) is 7.05 Å². The van der Waals surface area contributed by atoms with Gasteiger partial charge in [0.15, 0.2) is 6.20 Å². The standard InChI is InChI=1S/C24H28N/c1-18-8-6-7-9-22(18)23-16-21(14-15-25(23)5)20-12-10-19(11-13-20)17-24(2,3)4/h6-16H,17H2,1-5H3/q+1/i17D2. The van der Waals surface area contributed by atoms with E-state index in [0.717, 1.165) is 16.7 Å². The number of rotatable bonds is 3. The molecule has 0 aliphatic carbocycles. The lowest BCUT2D eigenvalue weighted by molar-refractivity contribution is -0.660. The average Bonchev–Trinajstić information content (AvgIpc) is 2.62. The molecular weight excluding hydrogens is 302 g/mol. The Balaban J connectivity index is 2.01. The molecule has 2 aromatic carbocycles. The Morgan fingerprint density at radius 3 is 2.24 bits per heavy atom. The Labute approximate surface area is 154 Å². The van der Waals surface area contributed by atoms with Crippen LogP contribution in [0, 0.1) is 12.3 Å². The van der Waals surface area contributed by atoms with E-state index >= 15 is 0 Å². The topological polar surface area (TPSA) is 3.88 Å². The first-order chi connectivity index (χ1) is 12.6. The summed E-state index contributed by atoms with van der Waals surface area (Å²) in [7, 11) is 2.06. The molecule has 0 aliphatic rings. The molecule has 0 fully saturated rings. The van der Waals surface area contributed by atoms with Crippen molar-refractivity contribution in [2.75, 3.05) is 0 Å². The van der Waals surface area contributed by atoms with Crippen LogP contribution in [-0.2, 0) is 13.4 Å². The van der Waals surface area contributed by atoms with E-state index in [1.54, 1.807) is 0 Å². The maximum Gasteiger partial charge on any atom is 0.213 e. The van der Waals surface area contributed by atoms with E-state index in [0.29, 0.717) is 0 Å². The molecule has 3 aromatic rings. The van der Waals surface area contributed by atoms with Crippen LogP contribution in [0.4, 0.5) is 0 Å². The fourth-order valence-electron chi connectivity index (χ4n) is 3.06. The van der Waals surface area contributed by atoms with E-state index in [2.05, 4.69) is 61.1 Å². The zero-order chi connectivity index (χ0) is 19.8. The summed E-state index contributed by atoms with van der Waals surface area (Å²) in [6.07, 6.45) is 0.709. The van der Waals surface area contributed by atoms with Crippen LogP contribution in [0.15, 0.2) is 66.9 Å². The highest BCUT2D eigenvalue weighted by molar-refractivity contribution is 5.70. The Kier molecular flexibility index (Phi) is 4.07. The molecule has 0 amide bonds. The number of aryl methyl sites for hydroxylation is 2. The van der Waals surface area contributed by atoms with Crippen molar-refractivity contribution in [3.8, 4) is 22.4 Å². The Morgan fingerprint density at radius 2 is 1.60 bits per heavy atom. The Hall–Kier alpha value is -2.41. The van der Waals surface area contributed by atoms with E-state index in [9.17, 15) is 0 Å². The van der Waals surface area contributed by atoms with E-state index < -0.39 is 11.8 Å². The fraction of sp³-hybridized carbons (Fsp3) is 0.292. The minimum atomic E-state index is -1.37. The van der Waals surface area contributed by atoms with Crippen LogP contribution in [-0.4, -0.2) is 0 Å². The van der Waals surface area contributed by atoms with Crippen molar-refractivity contribution >= 4 is 0 Å². The van der Waals surface area contributed by atoms with E-state index in [1.807, 2.05) is 45.0 Å². The predicted molar refractivity (Wildman–Crippen MR) is 106 cm³/mol. The fourth-order valence-corrected chi connectivity index (χ4v) is 3.06. The second kappa shape index (κ2) is 6.84. The van der Waals surface area contributed by atoms with Gasteiger partial charge >= 0.3 is 0 Å². The third-order valence-corrected chi connectivity index (χ3v) is 4.31. The molecule has 3 rings (SSSR count). The first-order valence-corrected chi connectivity index (χ1v) is 8.78. The van der Waals surface area contributed by atoms with Crippen molar-refractivity contribution in [1.29, 1.82) is 0 Å². The van der Waals surface area contributed by atoms with Crippen molar-refractivity contribution < 1.29 is 7.31 Å². The predicted octanol–water partition coefficient (Wildman–Crippen LogP) is 5.74. The van der Waals surface area contributed by atoms with Gasteiger partial charge in [0.05, 0.1) is 0 Å². The summed E-state index contributed by atoms with van der Waals surface area (Å²) in [5.74, 6) is 0. The maximum atomic E-state index is 8.46. The Morgan fingerprint density at radius 1 is 0.920 bits per heavy atom. The lowest BCUT2D eigenvalue weighted by Gasteiger charge is -2.18. The highest BCUT2D eigenvalue weighted by Gasteiger charge is 2.14. The van der Waals surface area contributed by atoms with Crippen LogP contribution < -0.4 is 4.57 Å². The van der Waals surface area contributed by atoms with Gasteiger partial charge in [-0.3, -0.25) is 0 Å². The number of hydrogen-bond acceptors (Lipinski definition) is 0. The van der Waals surface area contributed by atoms with Crippen molar-refractivity contribution in [2.24, 2.45) is 12.5 Å². The molecule has 0 atom stereocenters. The lowest BCUT2D eigenvalue weighted by atomic mass is 9.87. The zero-order valence-corrected chi connectivity index (χ0v) is 15.8. The number of hydrogen-bond donors (Lipinski definition) is 0. The zero-order valence-electron chi connectivity index (χ0n) is 17.8. The smallest absolute Gasteiger partial charge is 0.201 e. The van der Waals surface area contributed by atoms with Gasteiger partial charge in [-0.1, -0.05) is 63.2 Å². The number of aromatic nitrogens is 1. The van der Waals surface area contributed by atoms with E-state index in [1.165, 1.54) is 16.8 Å². The summed E-state index contributed by atoms with van der Waals surface area (Å²) in [6.45, 7) is 7.94. The summed E-state index contributed by atoms with van der Waals surface area (Å²) in [4.78, 5) is 0. The molecular formula is C24H28N+. The van der Waals surface area contributed by atoms with Crippen LogP contribution >= 0.6 is 0 Å². The number of benzene rings is 2. The first-order valence-electron chi connectivity index (χ1n) is 9.78. The highest BCUT2D eigenvalue weighted by Crippen LogP contribution is 2.27. The van der Waals surface area contributed by atoms with Crippen molar-refractivity contribution in [1.82, 2.24) is 0 Å². The van der Waals surface area contributed by atoms with Crippen molar-refractivity contribution in [3.63, 3.8) is 0 Å². The van der Waals surface area contributed by atoms with Crippen LogP contribution in [0.2, 0.25) is 0 Å². The van der Waals surface area contributed by atoms with Gasteiger partial charge in [0.25, 0.3) is 0 Å². The molecule has 0 N–H and O–H groups in total. The SMILES string of the molecule is [2H]C([2H])(c1ccc(-c2cc[n+](C)c(-c3ccccc3C)c2)cc1)C(C)(C)C. The van der Waals surface area contributed by atoms with Gasteiger partial charge in [-0.25, -0.2) is 4.57 Å². The molecule has 1 heterocycles. The van der Waals surface area contributed by atoms with Gasteiger partial charge in [-0.05, 0) is 47.0 Å². The molecule has 0 saturated heterocycles. The number of pyridine rings is 1. The summed E-state index contributed by atoms with van der Waals surface area (Å²) in [5, 5.41) is 0. The monoisotopic (exact) mass is 332 g/mol. The van der Waals surface area contributed by atoms with Crippen molar-refractivity contribution in [2.45, 2.75) is 34.1 Å². The first kappa shape index (κ1) is 14.9. The molecule has 25 heavy (non-hydrogen) atoms. The molecule has 0 aliphatic heterocycles. The van der Waals surface area contributed by atoms with Gasteiger partial charge in [0.2, 0.25) is 5.69 Å². The molecule has 1 aromatic heterocycles. The average molecular weight is 333 g/mol. The highest BCUT2D eigenvalue weighted by atomic mass is 14.9. The third-order valence-electron chi connectivity index (χ3n) is 4.31. The normalized spacial score (nSPS) is 13.3. The quantitative estimate of drug-likeness (QED) is 0.538. The molecule has 1 nitrogen and oxygen atoms in total. The number of nitrogens with zero attached hydrogens (tertiary/aromatic N) is 1. The van der Waals surface area contributed by atoms with Crippen LogP contribution in [0.1, 0.15) is 34.6 Å². The van der Waals surface area contributed by atoms with Crippen molar-refractivity contribution in [3.05, 3.63) is 78.0 Å². The van der Waals surface area contributed by atoms with Crippen LogP contribution in [0.25, 0.3) is 22.4 Å². The second-order valence-electron chi connectivity index (χ2n) is 7.68. The van der Waals surface area contributed by atoms with Crippen LogP contribution in [0.5, 0.6) is 0 Å². The summed E-state index contributed by atoms with van der Waals surface area (Å²) < 4.78 is 19.0. The van der Waals surface area contributed by atoms with Gasteiger partial charge in [0, 0.05) is 20.4 Å². The van der Waals surface area contributed by atoms with Gasteiger partial charge < -0.3 is 0 Å². The van der Waals surface area contributed by atoms with Gasteiger partial charge in [-0.2, -0.15) is 0 Å². The van der Waals surface area contributed by atoms with E-state index in [-0.39, 0.29) is 0 Å². The Bertz CT molecular complexity index is 951. The molecule has 0 spiro atoms. The summed E-state index contributed by atoms with van der Waals surface area (Å²) in [6, 6.07) is 20.6. The minimum Gasteiger partial charge on any atom is -0.201 e. The molecule has 0 radical (unpaired) electrons. The van der Waals surface area contributed by atoms with Gasteiger partial charge in [-0.15, -0.1) is 0 Å². The molecule has 0 bridgehead atoms. The lowest BCUT2D eigenvalue weighted by Crippen LogP contribution is -2.30. The molecule has 0 unspecified atom stereocenters. The summed E-state index contributed by atoms with van der Waals surface area (Å²) >= 11 is 0. The third kappa shape index (κ3) is 4.17. The summed E-state index contributed by atoms with van der Waals surface area (Å²) in [5.41, 5.74) is 6.14. The second-order valence-corrected chi connectivity index (χ2v) is 7.68. The molecule has 128 valence electrons. The minimum absolute atomic E-state index is 0.451. The molecule has 1 heteroatoms. The van der Waals surface area contributed by atoms with Crippen LogP contribution in [0.3, 0.4) is 0 Å². The van der Waals surface area contributed by atoms with E-state index in [4.69, 9.17) is 2.74 Å². The molecule has 0 saturated carbocycles. The largest absolute Gasteiger partial charge is 0.213 e.